The summed E-state index contributed by atoms with van der Waals surface area (Å²) >= 11 is 0. The number of nitrogens with two attached hydrogens (primary N) is 1. The summed E-state index contributed by atoms with van der Waals surface area (Å²) in [7, 11) is 10.5. The number of aromatic hydroxyl groups is 1. The van der Waals surface area contributed by atoms with Gasteiger partial charge >= 0.3 is 0 Å². The van der Waals surface area contributed by atoms with Gasteiger partial charge in [-0.2, -0.15) is 0 Å². The number of carbonyl (C=O) groups is 4. The number of amides is 1. The third-order valence-corrected chi connectivity index (χ3v) is 8.37. The molecule has 4 rings (SSSR count). The molecule has 210 valence electrons. The topological polar surface area (TPSA) is 165 Å². The third-order valence-electron chi connectivity index (χ3n) is 8.37. The molecule has 11 heteroatoms. The molecule has 3 unspecified atom stereocenters. The molecule has 7 atom stereocenters. The van der Waals surface area contributed by atoms with Crippen LogP contribution in [0, 0.1) is 35.5 Å². The first-order chi connectivity index (χ1) is 18.1. The summed E-state index contributed by atoms with van der Waals surface area (Å²) in [5.41, 5.74) is 4.12. The van der Waals surface area contributed by atoms with Gasteiger partial charge in [-0.1, -0.05) is 11.8 Å². The van der Waals surface area contributed by atoms with Crippen molar-refractivity contribution in [2.45, 2.75) is 30.6 Å². The number of primary amides is 1. The van der Waals surface area contributed by atoms with E-state index in [2.05, 4.69) is 11.8 Å². The van der Waals surface area contributed by atoms with Crippen LogP contribution < -0.4 is 10.6 Å². The van der Waals surface area contributed by atoms with Gasteiger partial charge in [-0.25, -0.2) is 0 Å². The van der Waals surface area contributed by atoms with Gasteiger partial charge in [0.2, 0.25) is 5.91 Å². The molecular formula is C28H36N4O7. The van der Waals surface area contributed by atoms with Crippen LogP contribution in [0.2, 0.25) is 0 Å². The van der Waals surface area contributed by atoms with Gasteiger partial charge in [0, 0.05) is 31.7 Å². The number of phenolic OH excluding ortho intramolecular Hbond substituents is 1. The largest absolute Gasteiger partial charge is 0.506 e. The highest BCUT2D eigenvalue weighted by Gasteiger charge is 2.69. The molecule has 2 saturated carbocycles. The second-order valence-corrected chi connectivity index (χ2v) is 11.5. The first kappa shape index (κ1) is 28.7. The standard InChI is InChI=1S/C28H36N4O7/c1-30(2)9-7-8-13-12-17(31(3)4)15-10-14-11-16-21(32(5)6)24(35)20(27(29)38)26(37)28(16,39)25(36)18(14)23(34)19(15)22(13)33/h12,14,16,18,20-21,24,33,35,39H,9-11H2,1-6H3,(H2,29,38)/t14-,16-,18?,20?,21-,24?,28-/m1/s1. The van der Waals surface area contributed by atoms with Crippen LogP contribution in [0.15, 0.2) is 6.07 Å². The summed E-state index contributed by atoms with van der Waals surface area (Å²) in [5, 5.41) is 33.9. The van der Waals surface area contributed by atoms with E-state index in [0.29, 0.717) is 17.8 Å². The number of aliphatic hydroxyl groups is 2. The molecule has 0 saturated heterocycles. The van der Waals surface area contributed by atoms with E-state index in [1.807, 2.05) is 19.0 Å². The Hall–Kier alpha value is -3.30. The van der Waals surface area contributed by atoms with Crippen LogP contribution in [-0.2, 0) is 20.8 Å². The van der Waals surface area contributed by atoms with Crippen LogP contribution in [0.1, 0.15) is 27.9 Å². The molecule has 3 aliphatic carbocycles. The van der Waals surface area contributed by atoms with Gasteiger partial charge in [0.15, 0.2) is 23.0 Å². The Morgan fingerprint density at radius 2 is 1.77 bits per heavy atom. The average Bonchev–Trinajstić information content (AvgIpc) is 2.81. The summed E-state index contributed by atoms with van der Waals surface area (Å²) in [6.07, 6.45) is -1.25. The molecule has 1 aromatic carbocycles. The summed E-state index contributed by atoms with van der Waals surface area (Å²) in [4.78, 5) is 58.8. The van der Waals surface area contributed by atoms with Crippen LogP contribution in [0.5, 0.6) is 5.75 Å². The van der Waals surface area contributed by atoms with E-state index in [1.54, 1.807) is 44.1 Å². The lowest BCUT2D eigenvalue weighted by atomic mass is 9.52. The number of rotatable bonds is 4. The molecule has 1 aromatic rings. The maximum absolute atomic E-state index is 14.0. The van der Waals surface area contributed by atoms with Gasteiger partial charge in [0.05, 0.1) is 29.7 Å². The zero-order valence-corrected chi connectivity index (χ0v) is 23.1. The molecule has 0 bridgehead atoms. The monoisotopic (exact) mass is 540 g/mol. The number of Topliss-reactive ketones (excluding diaryl/α,β-unsaturated/α-hetero) is 3. The van der Waals surface area contributed by atoms with Crippen molar-refractivity contribution in [1.82, 2.24) is 9.80 Å². The maximum atomic E-state index is 14.0. The highest BCUT2D eigenvalue weighted by molar-refractivity contribution is 6.25. The second kappa shape index (κ2) is 10.0. The van der Waals surface area contributed by atoms with Crippen LogP contribution in [0.3, 0.4) is 0 Å². The number of anilines is 1. The normalized spacial score (nSPS) is 31.8. The predicted molar refractivity (Wildman–Crippen MR) is 142 cm³/mol. The molecule has 5 N–H and O–H groups in total. The van der Waals surface area contributed by atoms with Gasteiger partial charge in [-0.15, -0.1) is 0 Å². The number of hydrogen-bond donors (Lipinski definition) is 4. The fraction of sp³-hybridized carbons (Fsp3) is 0.571. The number of carbonyl (C=O) groups excluding carboxylic acids is 4. The van der Waals surface area contributed by atoms with E-state index in [9.17, 15) is 34.5 Å². The minimum Gasteiger partial charge on any atom is -0.506 e. The van der Waals surface area contributed by atoms with Crippen molar-refractivity contribution in [3.63, 3.8) is 0 Å². The Morgan fingerprint density at radius 3 is 2.31 bits per heavy atom. The summed E-state index contributed by atoms with van der Waals surface area (Å²) in [6.45, 7) is 0.418. The van der Waals surface area contributed by atoms with Crippen molar-refractivity contribution in [2.75, 3.05) is 53.7 Å². The lowest BCUT2D eigenvalue weighted by Crippen LogP contribution is -2.75. The van der Waals surface area contributed by atoms with E-state index < -0.39 is 64.7 Å². The van der Waals surface area contributed by atoms with E-state index in [0.717, 1.165) is 0 Å². The van der Waals surface area contributed by atoms with E-state index in [1.165, 1.54) is 0 Å². The van der Waals surface area contributed by atoms with Crippen LogP contribution in [0.25, 0.3) is 0 Å². The van der Waals surface area contributed by atoms with Crippen LogP contribution >= 0.6 is 0 Å². The average molecular weight is 541 g/mol. The van der Waals surface area contributed by atoms with Gasteiger partial charge in [-0.05, 0) is 58.6 Å². The molecule has 0 radical (unpaired) electrons. The Labute approximate surface area is 227 Å². The van der Waals surface area contributed by atoms with Crippen LogP contribution in [-0.4, -0.2) is 115 Å². The van der Waals surface area contributed by atoms with Gasteiger partial charge < -0.3 is 30.9 Å². The smallest absolute Gasteiger partial charge is 0.230 e. The minimum absolute atomic E-state index is 0.0501. The lowest BCUT2D eigenvalue weighted by molar-refractivity contribution is -0.190. The van der Waals surface area contributed by atoms with Crippen LogP contribution in [0.4, 0.5) is 5.69 Å². The van der Waals surface area contributed by atoms with Gasteiger partial charge in [0.1, 0.15) is 11.7 Å². The highest BCUT2D eigenvalue weighted by Crippen LogP contribution is 2.52. The molecule has 0 aromatic heterocycles. The first-order valence-electron chi connectivity index (χ1n) is 12.8. The van der Waals surface area contributed by atoms with E-state index >= 15 is 0 Å². The molecule has 0 aliphatic heterocycles. The van der Waals surface area contributed by atoms with Crippen molar-refractivity contribution >= 4 is 28.9 Å². The zero-order valence-electron chi connectivity index (χ0n) is 23.1. The van der Waals surface area contributed by atoms with Gasteiger partial charge in [-0.3, -0.25) is 24.1 Å². The van der Waals surface area contributed by atoms with Crippen molar-refractivity contribution < 1.29 is 34.5 Å². The fourth-order valence-electron chi connectivity index (χ4n) is 6.66. The number of benzene rings is 1. The highest BCUT2D eigenvalue weighted by atomic mass is 16.3. The Kier molecular flexibility index (Phi) is 7.38. The summed E-state index contributed by atoms with van der Waals surface area (Å²) in [6, 6.07) is 0.766. The number of aliphatic hydroxyl groups excluding tert-OH is 1. The fourth-order valence-corrected chi connectivity index (χ4v) is 6.66. The number of likely N-dealkylation sites (N-methyl/N-ethyl adjacent to an activating group) is 1. The van der Waals surface area contributed by atoms with Crippen molar-refractivity contribution in [2.24, 2.45) is 29.4 Å². The molecular weight excluding hydrogens is 504 g/mol. The number of nitrogens with zero attached hydrogens (tertiary/aromatic N) is 3. The number of phenols is 1. The third kappa shape index (κ3) is 4.32. The summed E-state index contributed by atoms with van der Waals surface area (Å²) in [5.74, 6) is -3.47. The maximum Gasteiger partial charge on any atom is 0.230 e. The second-order valence-electron chi connectivity index (χ2n) is 11.5. The Bertz CT molecular complexity index is 1310. The molecule has 11 nitrogen and oxygen atoms in total. The minimum atomic E-state index is -2.69. The molecule has 1 amide bonds. The molecule has 0 heterocycles. The van der Waals surface area contributed by atoms with Crippen molar-refractivity contribution in [3.05, 3.63) is 22.8 Å². The molecule has 2 fully saturated rings. The van der Waals surface area contributed by atoms with Gasteiger partial charge in [0.25, 0.3) is 0 Å². The lowest BCUT2D eigenvalue weighted by Gasteiger charge is -2.55. The molecule has 39 heavy (non-hydrogen) atoms. The first-order valence-corrected chi connectivity index (χ1v) is 12.8. The molecule has 0 spiro atoms. The number of ketones is 3. The zero-order chi connectivity index (χ0) is 29.1. The van der Waals surface area contributed by atoms with E-state index in [-0.39, 0.29) is 29.7 Å². The summed E-state index contributed by atoms with van der Waals surface area (Å²) < 4.78 is 0. The van der Waals surface area contributed by atoms with Crippen molar-refractivity contribution in [1.29, 1.82) is 0 Å². The number of hydrogen-bond acceptors (Lipinski definition) is 10. The van der Waals surface area contributed by atoms with Crippen molar-refractivity contribution in [3.8, 4) is 17.6 Å². The quantitative estimate of drug-likeness (QED) is 0.265. The number of fused-ring (bicyclic) bond motifs is 3. The van der Waals surface area contributed by atoms with E-state index in [4.69, 9.17) is 5.73 Å². The Morgan fingerprint density at radius 1 is 1.13 bits per heavy atom. The SMILES string of the molecule is CN(C)CC#Cc1cc(N(C)C)c2c(c1O)C(=O)C1C(=O)[C@@]3(O)C(=O)C(C(N)=O)C(O)[C@H](N(C)C)[C@H]3C[C@H]1C2. The predicted octanol–water partition coefficient (Wildman–Crippen LogP) is -1.36. The Balaban J connectivity index is 1.88. The molecule has 3 aliphatic rings.